The molecule has 0 bridgehead atoms. The van der Waals surface area contributed by atoms with Gasteiger partial charge in [-0.05, 0) is 49.4 Å². The predicted molar refractivity (Wildman–Crippen MR) is 80.5 cm³/mol. The van der Waals surface area contributed by atoms with Crippen molar-refractivity contribution >= 4 is 11.6 Å². The van der Waals surface area contributed by atoms with Crippen LogP contribution in [0.1, 0.15) is 44.3 Å². The summed E-state index contributed by atoms with van der Waals surface area (Å²) in [6.07, 6.45) is 4.58. The summed E-state index contributed by atoms with van der Waals surface area (Å²) in [6.45, 7) is 5.44. The highest BCUT2D eigenvalue weighted by molar-refractivity contribution is 6.30. The SMILES string of the molecule is CCN(CCC(O)c1ccc(Cl)cc1)CC1CCC1. The van der Waals surface area contributed by atoms with Gasteiger partial charge in [0, 0.05) is 18.1 Å². The van der Waals surface area contributed by atoms with Crippen LogP contribution in [-0.4, -0.2) is 29.6 Å². The molecule has 3 heteroatoms. The van der Waals surface area contributed by atoms with Gasteiger partial charge in [-0.3, -0.25) is 0 Å². The van der Waals surface area contributed by atoms with Gasteiger partial charge in [0.25, 0.3) is 0 Å². The minimum atomic E-state index is -0.382. The van der Waals surface area contributed by atoms with Crippen LogP contribution in [-0.2, 0) is 0 Å². The van der Waals surface area contributed by atoms with E-state index in [1.807, 2.05) is 24.3 Å². The van der Waals surface area contributed by atoms with Gasteiger partial charge < -0.3 is 10.0 Å². The van der Waals surface area contributed by atoms with E-state index in [0.717, 1.165) is 36.0 Å². The number of aliphatic hydroxyl groups excluding tert-OH is 1. The Balaban J connectivity index is 1.77. The number of hydrogen-bond acceptors (Lipinski definition) is 2. The van der Waals surface area contributed by atoms with Crippen molar-refractivity contribution in [2.24, 2.45) is 5.92 Å². The smallest absolute Gasteiger partial charge is 0.0802 e. The molecule has 106 valence electrons. The number of rotatable bonds is 7. The lowest BCUT2D eigenvalue weighted by molar-refractivity contribution is 0.126. The lowest BCUT2D eigenvalue weighted by atomic mass is 9.85. The van der Waals surface area contributed by atoms with E-state index in [9.17, 15) is 5.11 Å². The molecule has 1 saturated carbocycles. The number of halogens is 1. The quantitative estimate of drug-likeness (QED) is 0.820. The zero-order chi connectivity index (χ0) is 13.7. The Morgan fingerprint density at radius 3 is 2.53 bits per heavy atom. The van der Waals surface area contributed by atoms with E-state index in [1.165, 1.54) is 25.8 Å². The zero-order valence-corrected chi connectivity index (χ0v) is 12.4. The Hall–Kier alpha value is -0.570. The molecule has 1 unspecified atom stereocenters. The molecule has 19 heavy (non-hydrogen) atoms. The molecule has 1 N–H and O–H groups in total. The summed E-state index contributed by atoms with van der Waals surface area (Å²) in [5.74, 6) is 0.896. The lowest BCUT2D eigenvalue weighted by Crippen LogP contribution is -2.33. The maximum atomic E-state index is 10.2. The number of nitrogens with zero attached hydrogens (tertiary/aromatic N) is 1. The third-order valence-corrected chi connectivity index (χ3v) is 4.41. The Morgan fingerprint density at radius 2 is 2.00 bits per heavy atom. The molecule has 1 aliphatic rings. The Kier molecular flexibility index (Phi) is 5.68. The van der Waals surface area contributed by atoms with Crippen LogP contribution in [0.25, 0.3) is 0 Å². The predicted octanol–water partition coefficient (Wildman–Crippen LogP) is 3.89. The van der Waals surface area contributed by atoms with E-state index < -0.39 is 0 Å². The molecule has 1 aromatic carbocycles. The summed E-state index contributed by atoms with van der Waals surface area (Å²) in [6, 6.07) is 7.50. The highest BCUT2D eigenvalue weighted by Crippen LogP contribution is 2.27. The molecule has 2 nitrogen and oxygen atoms in total. The minimum absolute atomic E-state index is 0.382. The van der Waals surface area contributed by atoms with E-state index in [-0.39, 0.29) is 6.10 Å². The fraction of sp³-hybridized carbons (Fsp3) is 0.625. The summed E-state index contributed by atoms with van der Waals surface area (Å²) in [5.41, 5.74) is 0.962. The summed E-state index contributed by atoms with van der Waals surface area (Å²) in [7, 11) is 0. The topological polar surface area (TPSA) is 23.5 Å². The van der Waals surface area contributed by atoms with E-state index in [2.05, 4.69) is 11.8 Å². The van der Waals surface area contributed by atoms with E-state index in [0.29, 0.717) is 0 Å². The molecule has 1 fully saturated rings. The van der Waals surface area contributed by atoms with Gasteiger partial charge in [0.1, 0.15) is 0 Å². The molecule has 0 radical (unpaired) electrons. The third-order valence-electron chi connectivity index (χ3n) is 4.16. The molecular weight excluding hydrogens is 258 g/mol. The summed E-state index contributed by atoms with van der Waals surface area (Å²) in [5, 5.41) is 10.9. The summed E-state index contributed by atoms with van der Waals surface area (Å²) in [4.78, 5) is 2.46. The molecule has 0 amide bonds. The van der Waals surface area contributed by atoms with Crippen LogP contribution in [0.3, 0.4) is 0 Å². The largest absolute Gasteiger partial charge is 0.388 e. The van der Waals surface area contributed by atoms with Gasteiger partial charge >= 0.3 is 0 Å². The molecule has 0 aliphatic heterocycles. The molecule has 1 aliphatic carbocycles. The van der Waals surface area contributed by atoms with Crippen LogP contribution in [0.4, 0.5) is 0 Å². The zero-order valence-electron chi connectivity index (χ0n) is 11.7. The van der Waals surface area contributed by atoms with Crippen molar-refractivity contribution in [1.29, 1.82) is 0 Å². The van der Waals surface area contributed by atoms with Crippen molar-refractivity contribution in [3.05, 3.63) is 34.9 Å². The highest BCUT2D eigenvalue weighted by atomic mass is 35.5. The van der Waals surface area contributed by atoms with Crippen LogP contribution in [0.5, 0.6) is 0 Å². The molecule has 0 aromatic heterocycles. The number of aliphatic hydroxyl groups is 1. The molecule has 0 saturated heterocycles. The van der Waals surface area contributed by atoms with Gasteiger partial charge in [-0.15, -0.1) is 0 Å². The van der Waals surface area contributed by atoms with Crippen molar-refractivity contribution < 1.29 is 5.11 Å². The monoisotopic (exact) mass is 281 g/mol. The van der Waals surface area contributed by atoms with Crippen LogP contribution in [0.15, 0.2) is 24.3 Å². The summed E-state index contributed by atoms with van der Waals surface area (Å²) < 4.78 is 0. The maximum Gasteiger partial charge on any atom is 0.0802 e. The minimum Gasteiger partial charge on any atom is -0.388 e. The normalized spacial score (nSPS) is 17.5. The van der Waals surface area contributed by atoms with Crippen LogP contribution in [0, 0.1) is 5.92 Å². The van der Waals surface area contributed by atoms with Gasteiger partial charge in [-0.25, -0.2) is 0 Å². The lowest BCUT2D eigenvalue weighted by Gasteiger charge is -2.32. The fourth-order valence-electron chi connectivity index (χ4n) is 2.58. The Bertz CT molecular complexity index is 375. The molecule has 1 atom stereocenters. The van der Waals surface area contributed by atoms with Gasteiger partial charge in [0.05, 0.1) is 6.10 Å². The van der Waals surface area contributed by atoms with Crippen LogP contribution < -0.4 is 0 Å². The Morgan fingerprint density at radius 1 is 1.32 bits per heavy atom. The molecular formula is C16H24ClNO. The van der Waals surface area contributed by atoms with Gasteiger partial charge in [0.2, 0.25) is 0 Å². The number of hydrogen-bond donors (Lipinski definition) is 1. The van der Waals surface area contributed by atoms with Crippen LogP contribution >= 0.6 is 11.6 Å². The van der Waals surface area contributed by atoms with E-state index in [4.69, 9.17) is 11.6 Å². The second kappa shape index (κ2) is 7.28. The van der Waals surface area contributed by atoms with Crippen LogP contribution in [0.2, 0.25) is 5.02 Å². The first kappa shape index (κ1) is 14.8. The van der Waals surface area contributed by atoms with Crippen molar-refractivity contribution in [3.8, 4) is 0 Å². The van der Waals surface area contributed by atoms with Gasteiger partial charge in [-0.1, -0.05) is 37.1 Å². The second-order valence-electron chi connectivity index (χ2n) is 5.55. The van der Waals surface area contributed by atoms with Crippen molar-refractivity contribution in [1.82, 2.24) is 4.90 Å². The molecule has 0 spiro atoms. The van der Waals surface area contributed by atoms with E-state index >= 15 is 0 Å². The van der Waals surface area contributed by atoms with E-state index in [1.54, 1.807) is 0 Å². The first-order valence-corrected chi connectivity index (χ1v) is 7.72. The summed E-state index contributed by atoms with van der Waals surface area (Å²) >= 11 is 5.86. The number of benzene rings is 1. The molecule has 0 heterocycles. The Labute approximate surface area is 121 Å². The fourth-order valence-corrected chi connectivity index (χ4v) is 2.70. The van der Waals surface area contributed by atoms with Crippen molar-refractivity contribution in [3.63, 3.8) is 0 Å². The standard InChI is InChI=1S/C16H24ClNO/c1-2-18(12-13-4-3-5-13)11-10-16(19)14-6-8-15(17)9-7-14/h6-9,13,16,19H,2-5,10-12H2,1H3. The van der Waals surface area contributed by atoms with Crippen molar-refractivity contribution in [2.75, 3.05) is 19.6 Å². The average Bonchev–Trinajstić information content (AvgIpc) is 2.37. The van der Waals surface area contributed by atoms with Gasteiger partial charge in [-0.2, -0.15) is 0 Å². The average molecular weight is 282 g/mol. The highest BCUT2D eigenvalue weighted by Gasteiger charge is 2.20. The second-order valence-corrected chi connectivity index (χ2v) is 5.98. The molecule has 1 aromatic rings. The van der Waals surface area contributed by atoms with Gasteiger partial charge in [0.15, 0.2) is 0 Å². The molecule has 2 rings (SSSR count). The first-order chi connectivity index (χ1) is 9.19. The maximum absolute atomic E-state index is 10.2. The third kappa shape index (κ3) is 4.48. The van der Waals surface area contributed by atoms with Crippen molar-refractivity contribution in [2.45, 2.75) is 38.7 Å². The first-order valence-electron chi connectivity index (χ1n) is 7.35.